The summed E-state index contributed by atoms with van der Waals surface area (Å²) in [6.45, 7) is 4.17. The second-order valence-electron chi connectivity index (χ2n) is 4.76. The van der Waals surface area contributed by atoms with E-state index in [4.69, 9.17) is 11.6 Å². The molecule has 1 aromatic carbocycles. The molecule has 2 aromatic heterocycles. The van der Waals surface area contributed by atoms with Crippen molar-refractivity contribution in [1.82, 2.24) is 14.5 Å². The summed E-state index contributed by atoms with van der Waals surface area (Å²) in [5.41, 5.74) is 5.35. The molecule has 0 atom stereocenters. The first-order chi connectivity index (χ1) is 9.61. The van der Waals surface area contributed by atoms with Crippen LogP contribution in [0.1, 0.15) is 17.0 Å². The quantitative estimate of drug-likeness (QED) is 0.635. The van der Waals surface area contributed by atoms with Gasteiger partial charge in [0.2, 0.25) is 0 Å². The molecule has 0 amide bonds. The summed E-state index contributed by atoms with van der Waals surface area (Å²) in [6.07, 6.45) is 3.54. The smallest absolute Gasteiger partial charge is 0.129 e. The van der Waals surface area contributed by atoms with Gasteiger partial charge in [-0.15, -0.1) is 11.6 Å². The summed E-state index contributed by atoms with van der Waals surface area (Å²) < 4.78 is 3.23. The van der Waals surface area contributed by atoms with Gasteiger partial charge in [-0.3, -0.25) is 9.55 Å². The first kappa shape index (κ1) is 13.6. The van der Waals surface area contributed by atoms with Gasteiger partial charge in [-0.2, -0.15) is 0 Å². The average molecular weight is 351 g/mol. The summed E-state index contributed by atoms with van der Waals surface area (Å²) in [6, 6.07) is 6.23. The fourth-order valence-corrected chi connectivity index (χ4v) is 2.82. The average Bonchev–Trinajstić information content (AvgIpc) is 2.82. The molecule has 0 fully saturated rings. The van der Waals surface area contributed by atoms with E-state index in [1.54, 1.807) is 12.4 Å². The zero-order chi connectivity index (χ0) is 14.3. The molecule has 0 aliphatic rings. The number of imidazole rings is 1. The molecule has 0 aliphatic carbocycles. The van der Waals surface area contributed by atoms with Gasteiger partial charge in [0.05, 0.1) is 17.6 Å². The molecule has 0 saturated heterocycles. The van der Waals surface area contributed by atoms with Crippen molar-refractivity contribution in [2.24, 2.45) is 0 Å². The Morgan fingerprint density at radius 3 is 2.60 bits per heavy atom. The maximum Gasteiger partial charge on any atom is 0.129 e. The third-order valence-corrected chi connectivity index (χ3v) is 4.82. The summed E-state index contributed by atoms with van der Waals surface area (Å²) in [5.74, 6) is 1.19. The van der Waals surface area contributed by atoms with Crippen LogP contribution in [0.5, 0.6) is 0 Å². The van der Waals surface area contributed by atoms with E-state index in [0.29, 0.717) is 5.88 Å². The standard InChI is InChI=1S/C15H13BrClN3/c1-9-5-11(6-10(2)15(9)16)20-13-3-4-18-8-12(13)19-14(20)7-17/h3-6,8H,7H2,1-2H3. The number of rotatable bonds is 2. The molecule has 0 N–H and O–H groups in total. The van der Waals surface area contributed by atoms with Crippen molar-refractivity contribution in [3.05, 3.63) is 52.0 Å². The monoisotopic (exact) mass is 349 g/mol. The molecule has 20 heavy (non-hydrogen) atoms. The van der Waals surface area contributed by atoms with Crippen molar-refractivity contribution in [2.45, 2.75) is 19.7 Å². The SMILES string of the molecule is Cc1cc(-n2c(CCl)nc3cnccc32)cc(C)c1Br. The van der Waals surface area contributed by atoms with Gasteiger partial charge < -0.3 is 0 Å². The molecule has 102 valence electrons. The maximum absolute atomic E-state index is 6.05. The van der Waals surface area contributed by atoms with Crippen LogP contribution >= 0.6 is 27.5 Å². The van der Waals surface area contributed by atoms with Gasteiger partial charge in [-0.25, -0.2) is 4.98 Å². The Bertz CT molecular complexity index is 772. The third kappa shape index (κ3) is 2.13. The van der Waals surface area contributed by atoms with E-state index >= 15 is 0 Å². The van der Waals surface area contributed by atoms with E-state index in [9.17, 15) is 0 Å². The number of nitrogens with zero attached hydrogens (tertiary/aromatic N) is 3. The van der Waals surface area contributed by atoms with Crippen LogP contribution in [0.25, 0.3) is 16.7 Å². The molecule has 0 unspecified atom stereocenters. The number of aromatic nitrogens is 3. The van der Waals surface area contributed by atoms with Crippen LogP contribution in [0.15, 0.2) is 35.1 Å². The number of alkyl halides is 1. The summed E-state index contributed by atoms with van der Waals surface area (Å²) in [7, 11) is 0. The summed E-state index contributed by atoms with van der Waals surface area (Å²) >= 11 is 9.65. The normalized spacial score (nSPS) is 11.2. The minimum absolute atomic E-state index is 0.364. The van der Waals surface area contributed by atoms with Gasteiger partial charge in [0.15, 0.2) is 0 Å². The zero-order valence-electron chi connectivity index (χ0n) is 11.2. The van der Waals surface area contributed by atoms with Crippen LogP contribution in [-0.2, 0) is 5.88 Å². The van der Waals surface area contributed by atoms with E-state index in [-0.39, 0.29) is 0 Å². The maximum atomic E-state index is 6.05. The van der Waals surface area contributed by atoms with Crippen LogP contribution in [0, 0.1) is 13.8 Å². The number of fused-ring (bicyclic) bond motifs is 1. The Balaban J connectivity index is 2.33. The first-order valence-electron chi connectivity index (χ1n) is 6.26. The minimum atomic E-state index is 0.364. The largest absolute Gasteiger partial charge is 0.295 e. The molecule has 0 radical (unpaired) electrons. The molecular formula is C15H13BrClN3. The lowest BCUT2D eigenvalue weighted by molar-refractivity contribution is 0.977. The number of pyridine rings is 1. The number of benzene rings is 1. The highest BCUT2D eigenvalue weighted by molar-refractivity contribution is 9.10. The Labute approximate surface area is 130 Å². The summed E-state index contributed by atoms with van der Waals surface area (Å²) in [4.78, 5) is 8.66. The van der Waals surface area contributed by atoms with Crippen molar-refractivity contribution in [3.8, 4) is 5.69 Å². The highest BCUT2D eigenvalue weighted by atomic mass is 79.9. The second-order valence-corrected chi connectivity index (χ2v) is 5.82. The highest BCUT2D eigenvalue weighted by Gasteiger charge is 2.13. The fourth-order valence-electron chi connectivity index (χ4n) is 2.41. The predicted molar refractivity (Wildman–Crippen MR) is 85.6 cm³/mol. The van der Waals surface area contributed by atoms with E-state index in [1.807, 2.05) is 6.07 Å². The molecule has 3 aromatic rings. The van der Waals surface area contributed by atoms with Gasteiger partial charge in [0, 0.05) is 16.4 Å². The van der Waals surface area contributed by atoms with Crippen LogP contribution in [0.2, 0.25) is 0 Å². The molecule has 0 spiro atoms. The topological polar surface area (TPSA) is 30.7 Å². The molecule has 5 heteroatoms. The van der Waals surface area contributed by atoms with Gasteiger partial charge in [-0.1, -0.05) is 15.9 Å². The highest BCUT2D eigenvalue weighted by Crippen LogP contribution is 2.28. The Kier molecular flexibility index (Phi) is 3.52. The number of aryl methyl sites for hydroxylation is 2. The van der Waals surface area contributed by atoms with Gasteiger partial charge in [-0.05, 0) is 43.2 Å². The van der Waals surface area contributed by atoms with Gasteiger partial charge in [0.1, 0.15) is 11.3 Å². The van der Waals surface area contributed by atoms with E-state index in [0.717, 1.165) is 27.0 Å². The minimum Gasteiger partial charge on any atom is -0.295 e. The molecular weight excluding hydrogens is 338 g/mol. The predicted octanol–water partition coefficient (Wildman–Crippen LogP) is 4.54. The van der Waals surface area contributed by atoms with Crippen molar-refractivity contribution >= 4 is 38.6 Å². The molecule has 0 saturated carbocycles. The van der Waals surface area contributed by atoms with Crippen molar-refractivity contribution in [3.63, 3.8) is 0 Å². The molecule has 2 heterocycles. The van der Waals surface area contributed by atoms with Crippen molar-refractivity contribution in [1.29, 1.82) is 0 Å². The van der Waals surface area contributed by atoms with Crippen LogP contribution in [-0.4, -0.2) is 14.5 Å². The lowest BCUT2D eigenvalue weighted by atomic mass is 10.1. The molecule has 0 bridgehead atoms. The summed E-state index contributed by atoms with van der Waals surface area (Å²) in [5, 5.41) is 0. The molecule has 0 aliphatic heterocycles. The van der Waals surface area contributed by atoms with E-state index in [2.05, 4.69) is 56.4 Å². The van der Waals surface area contributed by atoms with Crippen molar-refractivity contribution < 1.29 is 0 Å². The number of hydrogen-bond donors (Lipinski definition) is 0. The Morgan fingerprint density at radius 1 is 1.25 bits per heavy atom. The first-order valence-corrected chi connectivity index (χ1v) is 7.59. The van der Waals surface area contributed by atoms with Gasteiger partial charge >= 0.3 is 0 Å². The van der Waals surface area contributed by atoms with Crippen LogP contribution < -0.4 is 0 Å². The fraction of sp³-hybridized carbons (Fsp3) is 0.200. The van der Waals surface area contributed by atoms with E-state index < -0.39 is 0 Å². The van der Waals surface area contributed by atoms with Crippen LogP contribution in [0.3, 0.4) is 0 Å². The lowest BCUT2D eigenvalue weighted by Crippen LogP contribution is -2.01. The molecule has 3 rings (SSSR count). The van der Waals surface area contributed by atoms with Crippen LogP contribution in [0.4, 0.5) is 0 Å². The Morgan fingerprint density at radius 2 is 1.95 bits per heavy atom. The van der Waals surface area contributed by atoms with E-state index in [1.165, 1.54) is 11.1 Å². The lowest BCUT2D eigenvalue weighted by Gasteiger charge is -2.12. The Hall–Kier alpha value is -1.39. The number of halogens is 2. The molecule has 3 nitrogen and oxygen atoms in total. The number of hydrogen-bond acceptors (Lipinski definition) is 2. The second kappa shape index (κ2) is 5.19. The van der Waals surface area contributed by atoms with Gasteiger partial charge in [0.25, 0.3) is 0 Å². The zero-order valence-corrected chi connectivity index (χ0v) is 13.5. The van der Waals surface area contributed by atoms with Crippen molar-refractivity contribution in [2.75, 3.05) is 0 Å². The third-order valence-electron chi connectivity index (χ3n) is 3.33.